The summed E-state index contributed by atoms with van der Waals surface area (Å²) in [5, 5.41) is 8.64. The van der Waals surface area contributed by atoms with E-state index in [1.807, 2.05) is 38.1 Å². The van der Waals surface area contributed by atoms with E-state index >= 15 is 0 Å². The number of hydrogen-bond donors (Lipinski definition) is 1. The molecule has 0 bridgehead atoms. The fourth-order valence-electron chi connectivity index (χ4n) is 1.77. The Hall–Kier alpha value is -2.43. The van der Waals surface area contributed by atoms with Crippen molar-refractivity contribution in [2.45, 2.75) is 26.7 Å². The lowest BCUT2D eigenvalue weighted by atomic mass is 10.1. The highest BCUT2D eigenvalue weighted by molar-refractivity contribution is 5.67. The van der Waals surface area contributed by atoms with Crippen LogP contribution in [-0.2, 0) is 11.2 Å². The molecule has 1 aromatic carbocycles. The molecule has 0 fully saturated rings. The average Bonchev–Trinajstić information content (AvgIpc) is 2.41. The Morgan fingerprint density at radius 1 is 1.25 bits per heavy atom. The lowest BCUT2D eigenvalue weighted by Gasteiger charge is -2.08. The fraction of sp³-hybridized carbons (Fsp3) is 0.267. The topological polar surface area (TPSA) is 72.3 Å². The highest BCUT2D eigenvalue weighted by atomic mass is 16.5. The minimum absolute atomic E-state index is 0.130. The number of benzene rings is 1. The van der Waals surface area contributed by atoms with Crippen LogP contribution < -0.4 is 4.74 Å². The van der Waals surface area contributed by atoms with Crippen LogP contribution in [0.3, 0.4) is 0 Å². The summed E-state index contributed by atoms with van der Waals surface area (Å²) in [7, 11) is 0. The number of nitrogens with zero attached hydrogens (tertiary/aromatic N) is 2. The first kappa shape index (κ1) is 14.0. The minimum atomic E-state index is -0.794. The van der Waals surface area contributed by atoms with Gasteiger partial charge in [0.25, 0.3) is 0 Å². The van der Waals surface area contributed by atoms with Crippen molar-refractivity contribution in [2.24, 2.45) is 0 Å². The van der Waals surface area contributed by atoms with Gasteiger partial charge in [0.1, 0.15) is 11.6 Å². The Kier molecular flexibility index (Phi) is 4.30. The number of carboxylic acids is 1. The number of aromatic nitrogens is 2. The standard InChI is InChI=1S/C15H16N2O3/c1-10-14(9-16-11(2)17-10)20-13-6-3-12(4-7-13)5-8-15(18)19/h3-4,6-7,9H,5,8H2,1-2H3,(H,18,19). The molecule has 0 radical (unpaired) electrons. The second kappa shape index (κ2) is 6.14. The number of carbonyl (C=O) groups is 1. The van der Waals surface area contributed by atoms with Gasteiger partial charge in [0, 0.05) is 6.42 Å². The van der Waals surface area contributed by atoms with Crippen LogP contribution in [0.15, 0.2) is 30.5 Å². The summed E-state index contributed by atoms with van der Waals surface area (Å²) in [5.74, 6) is 1.21. The second-order valence-electron chi connectivity index (χ2n) is 4.51. The van der Waals surface area contributed by atoms with Crippen LogP contribution in [0.25, 0.3) is 0 Å². The number of aliphatic carboxylic acids is 1. The number of aryl methyl sites for hydroxylation is 3. The van der Waals surface area contributed by atoms with Crippen LogP contribution >= 0.6 is 0 Å². The van der Waals surface area contributed by atoms with Crippen molar-refractivity contribution in [3.63, 3.8) is 0 Å². The number of hydrogen-bond acceptors (Lipinski definition) is 4. The van der Waals surface area contributed by atoms with Crippen LogP contribution in [-0.4, -0.2) is 21.0 Å². The predicted octanol–water partition coefficient (Wildman–Crippen LogP) is 2.90. The third-order valence-corrected chi connectivity index (χ3v) is 2.83. The zero-order valence-corrected chi connectivity index (χ0v) is 11.5. The maximum atomic E-state index is 10.5. The van der Waals surface area contributed by atoms with Crippen LogP contribution in [0.4, 0.5) is 0 Å². The van der Waals surface area contributed by atoms with Crippen LogP contribution in [0, 0.1) is 13.8 Å². The molecular weight excluding hydrogens is 256 g/mol. The first-order chi connectivity index (χ1) is 9.54. The molecule has 0 saturated carbocycles. The van der Waals surface area contributed by atoms with Crippen LogP contribution in [0.1, 0.15) is 23.5 Å². The quantitative estimate of drug-likeness (QED) is 0.906. The van der Waals surface area contributed by atoms with Gasteiger partial charge in [-0.05, 0) is 38.0 Å². The second-order valence-corrected chi connectivity index (χ2v) is 4.51. The summed E-state index contributed by atoms with van der Waals surface area (Å²) in [4.78, 5) is 18.8. The van der Waals surface area contributed by atoms with E-state index in [2.05, 4.69) is 9.97 Å². The minimum Gasteiger partial charge on any atom is -0.481 e. The van der Waals surface area contributed by atoms with E-state index in [-0.39, 0.29) is 6.42 Å². The van der Waals surface area contributed by atoms with E-state index in [0.717, 1.165) is 11.3 Å². The smallest absolute Gasteiger partial charge is 0.303 e. The first-order valence-electron chi connectivity index (χ1n) is 6.33. The molecule has 5 heteroatoms. The summed E-state index contributed by atoms with van der Waals surface area (Å²) in [6.45, 7) is 3.69. The lowest BCUT2D eigenvalue weighted by Crippen LogP contribution is -1.97. The van der Waals surface area contributed by atoms with Gasteiger partial charge in [-0.1, -0.05) is 12.1 Å². The molecule has 0 aliphatic carbocycles. The van der Waals surface area contributed by atoms with Crippen LogP contribution in [0.2, 0.25) is 0 Å². The largest absolute Gasteiger partial charge is 0.481 e. The molecule has 104 valence electrons. The summed E-state index contributed by atoms with van der Waals surface area (Å²) in [6.07, 6.45) is 2.30. The van der Waals surface area contributed by atoms with Gasteiger partial charge < -0.3 is 9.84 Å². The van der Waals surface area contributed by atoms with Crippen LogP contribution in [0.5, 0.6) is 11.5 Å². The average molecular weight is 272 g/mol. The summed E-state index contributed by atoms with van der Waals surface area (Å²) in [6, 6.07) is 7.36. The van der Waals surface area contributed by atoms with Crippen molar-refractivity contribution in [1.29, 1.82) is 0 Å². The highest BCUT2D eigenvalue weighted by Gasteiger charge is 2.04. The summed E-state index contributed by atoms with van der Waals surface area (Å²) >= 11 is 0. The summed E-state index contributed by atoms with van der Waals surface area (Å²) < 4.78 is 5.70. The fourth-order valence-corrected chi connectivity index (χ4v) is 1.77. The molecule has 0 amide bonds. The summed E-state index contributed by atoms with van der Waals surface area (Å²) in [5.41, 5.74) is 1.75. The van der Waals surface area contributed by atoms with Crippen molar-refractivity contribution in [2.75, 3.05) is 0 Å². The van der Waals surface area contributed by atoms with E-state index < -0.39 is 5.97 Å². The van der Waals surface area contributed by atoms with E-state index in [9.17, 15) is 4.79 Å². The van der Waals surface area contributed by atoms with Crippen molar-refractivity contribution in [3.8, 4) is 11.5 Å². The predicted molar refractivity (Wildman–Crippen MR) is 74.0 cm³/mol. The Morgan fingerprint density at radius 3 is 2.55 bits per heavy atom. The molecule has 0 spiro atoms. The van der Waals surface area contributed by atoms with Gasteiger partial charge in [-0.3, -0.25) is 4.79 Å². The molecule has 1 aromatic heterocycles. The van der Waals surface area contributed by atoms with Gasteiger partial charge in [-0.15, -0.1) is 0 Å². The molecule has 1 heterocycles. The Bertz CT molecular complexity index is 609. The molecule has 0 saturated heterocycles. The number of rotatable bonds is 5. The maximum absolute atomic E-state index is 10.5. The molecule has 0 atom stereocenters. The van der Waals surface area contributed by atoms with E-state index in [4.69, 9.17) is 9.84 Å². The molecule has 0 aliphatic rings. The third kappa shape index (κ3) is 3.78. The highest BCUT2D eigenvalue weighted by Crippen LogP contribution is 2.23. The third-order valence-electron chi connectivity index (χ3n) is 2.83. The van der Waals surface area contributed by atoms with E-state index in [0.29, 0.717) is 23.7 Å². The maximum Gasteiger partial charge on any atom is 0.303 e. The van der Waals surface area contributed by atoms with Gasteiger partial charge in [-0.2, -0.15) is 0 Å². The van der Waals surface area contributed by atoms with Gasteiger partial charge >= 0.3 is 5.97 Å². The number of carboxylic acid groups (broad SMARTS) is 1. The van der Waals surface area contributed by atoms with E-state index in [1.54, 1.807) is 6.20 Å². The SMILES string of the molecule is Cc1ncc(Oc2ccc(CCC(=O)O)cc2)c(C)n1. The van der Waals surface area contributed by atoms with Gasteiger partial charge in [0.2, 0.25) is 0 Å². The molecule has 0 unspecified atom stereocenters. The molecule has 5 nitrogen and oxygen atoms in total. The normalized spacial score (nSPS) is 10.3. The van der Waals surface area contributed by atoms with Crippen molar-refractivity contribution < 1.29 is 14.6 Å². The zero-order valence-electron chi connectivity index (χ0n) is 11.5. The molecule has 0 aliphatic heterocycles. The lowest BCUT2D eigenvalue weighted by molar-refractivity contribution is -0.136. The van der Waals surface area contributed by atoms with Crippen molar-refractivity contribution >= 4 is 5.97 Å². The molecule has 20 heavy (non-hydrogen) atoms. The Morgan fingerprint density at radius 2 is 1.95 bits per heavy atom. The van der Waals surface area contributed by atoms with Crippen molar-refractivity contribution in [3.05, 3.63) is 47.5 Å². The number of ether oxygens (including phenoxy) is 1. The molecular formula is C15H16N2O3. The Balaban J connectivity index is 2.05. The van der Waals surface area contributed by atoms with Gasteiger partial charge in [0.05, 0.1) is 11.9 Å². The van der Waals surface area contributed by atoms with Gasteiger partial charge in [0.15, 0.2) is 5.75 Å². The van der Waals surface area contributed by atoms with Gasteiger partial charge in [-0.25, -0.2) is 9.97 Å². The first-order valence-corrected chi connectivity index (χ1v) is 6.33. The molecule has 1 N–H and O–H groups in total. The van der Waals surface area contributed by atoms with E-state index in [1.165, 1.54) is 0 Å². The Labute approximate surface area is 117 Å². The van der Waals surface area contributed by atoms with Crippen molar-refractivity contribution in [1.82, 2.24) is 9.97 Å². The molecule has 2 aromatic rings. The monoisotopic (exact) mass is 272 g/mol. The molecule has 2 rings (SSSR count). The zero-order chi connectivity index (χ0) is 14.5.